The van der Waals surface area contributed by atoms with Crippen molar-refractivity contribution in [3.05, 3.63) is 72.3 Å². The zero-order valence-corrected chi connectivity index (χ0v) is 16.4. The summed E-state index contributed by atoms with van der Waals surface area (Å²) in [6, 6.07) is 13.8. The Labute approximate surface area is 166 Å². The normalized spacial score (nSPS) is 11.2. The molecule has 3 rings (SSSR count). The smallest absolute Gasteiger partial charge is 0.221 e. The number of ether oxygens (including phenoxy) is 1. The second kappa shape index (κ2) is 8.00. The van der Waals surface area contributed by atoms with Crippen molar-refractivity contribution in [3.63, 3.8) is 0 Å². The monoisotopic (exact) mass is 417 g/mol. The first kappa shape index (κ1) is 20.5. The Hall–Kier alpha value is -3.26. The number of carbonyl (C=O) groups excluding carboxylic acids is 1. The van der Waals surface area contributed by atoms with E-state index in [9.17, 15) is 22.0 Å². The molecule has 0 aliphatic rings. The van der Waals surface area contributed by atoms with Gasteiger partial charge in [0.05, 0.1) is 4.90 Å². The minimum absolute atomic E-state index is 0.156. The Kier molecular flexibility index (Phi) is 5.65. The van der Waals surface area contributed by atoms with Crippen LogP contribution in [0.1, 0.15) is 6.92 Å². The lowest BCUT2D eigenvalue weighted by Crippen LogP contribution is -2.06. The fourth-order valence-corrected chi connectivity index (χ4v) is 3.31. The third kappa shape index (κ3) is 4.97. The van der Waals surface area contributed by atoms with Crippen LogP contribution in [0.2, 0.25) is 0 Å². The molecule has 0 heterocycles. The molecule has 1 N–H and O–H groups in total. The van der Waals surface area contributed by atoms with Crippen LogP contribution in [0.4, 0.5) is 14.5 Å². The predicted octanol–water partition coefficient (Wildman–Crippen LogP) is 4.79. The minimum atomic E-state index is -3.35. The molecule has 0 aliphatic carbocycles. The molecule has 0 unspecified atom stereocenters. The number of nitrogens with one attached hydrogen (secondary N) is 1. The van der Waals surface area contributed by atoms with Gasteiger partial charge in [0.25, 0.3) is 0 Å². The van der Waals surface area contributed by atoms with Gasteiger partial charge in [-0.3, -0.25) is 4.79 Å². The van der Waals surface area contributed by atoms with Crippen LogP contribution in [0.3, 0.4) is 0 Å². The zero-order valence-electron chi connectivity index (χ0n) is 15.6. The number of benzene rings is 3. The van der Waals surface area contributed by atoms with Crippen molar-refractivity contribution < 1.29 is 26.7 Å². The van der Waals surface area contributed by atoms with Gasteiger partial charge in [-0.1, -0.05) is 12.1 Å². The summed E-state index contributed by atoms with van der Waals surface area (Å²) in [6.45, 7) is 1.35. The van der Waals surface area contributed by atoms with E-state index in [0.717, 1.165) is 18.4 Å². The maximum Gasteiger partial charge on any atom is 0.221 e. The highest BCUT2D eigenvalue weighted by molar-refractivity contribution is 7.90. The Morgan fingerprint density at radius 1 is 0.931 bits per heavy atom. The summed E-state index contributed by atoms with van der Waals surface area (Å²) in [7, 11) is -3.35. The van der Waals surface area contributed by atoms with Crippen LogP contribution in [0.25, 0.3) is 11.1 Å². The van der Waals surface area contributed by atoms with Crippen molar-refractivity contribution in [2.75, 3.05) is 11.6 Å². The van der Waals surface area contributed by atoms with E-state index < -0.39 is 21.5 Å². The average Bonchev–Trinajstić information content (AvgIpc) is 2.63. The molecular formula is C21H17F2NO4S. The molecule has 5 nitrogen and oxygen atoms in total. The summed E-state index contributed by atoms with van der Waals surface area (Å²) in [4.78, 5) is 11.5. The summed E-state index contributed by atoms with van der Waals surface area (Å²) in [6.07, 6.45) is 1.11. The van der Waals surface area contributed by atoms with Crippen molar-refractivity contribution in [2.24, 2.45) is 0 Å². The van der Waals surface area contributed by atoms with Crippen LogP contribution >= 0.6 is 0 Å². The maximum atomic E-state index is 14.1. The van der Waals surface area contributed by atoms with Gasteiger partial charge in [-0.15, -0.1) is 0 Å². The van der Waals surface area contributed by atoms with Crippen molar-refractivity contribution in [2.45, 2.75) is 11.8 Å². The first-order valence-corrected chi connectivity index (χ1v) is 10.4. The van der Waals surface area contributed by atoms with Gasteiger partial charge < -0.3 is 10.1 Å². The number of hydrogen-bond donors (Lipinski definition) is 1. The molecule has 0 saturated carbocycles. The highest BCUT2D eigenvalue weighted by Crippen LogP contribution is 2.37. The van der Waals surface area contributed by atoms with Crippen LogP contribution < -0.4 is 10.1 Å². The lowest BCUT2D eigenvalue weighted by atomic mass is 10.0. The van der Waals surface area contributed by atoms with Crippen molar-refractivity contribution in [3.8, 4) is 22.6 Å². The zero-order chi connectivity index (χ0) is 21.2. The highest BCUT2D eigenvalue weighted by atomic mass is 32.2. The van der Waals surface area contributed by atoms with Gasteiger partial charge >= 0.3 is 0 Å². The highest BCUT2D eigenvalue weighted by Gasteiger charge is 2.14. The third-order valence-electron chi connectivity index (χ3n) is 4.01. The molecule has 1 amide bonds. The molecule has 3 aromatic rings. The quantitative estimate of drug-likeness (QED) is 0.648. The fraction of sp³-hybridized carbons (Fsp3) is 0.0952. The number of amides is 1. The first-order valence-electron chi connectivity index (χ1n) is 8.48. The number of carbonyl (C=O) groups is 1. The van der Waals surface area contributed by atoms with Gasteiger partial charge in [0.15, 0.2) is 21.4 Å². The van der Waals surface area contributed by atoms with Gasteiger partial charge in [0.2, 0.25) is 5.91 Å². The summed E-state index contributed by atoms with van der Waals surface area (Å²) in [5, 5.41) is 2.61. The van der Waals surface area contributed by atoms with E-state index in [-0.39, 0.29) is 22.3 Å². The summed E-state index contributed by atoms with van der Waals surface area (Å²) in [5.74, 6) is -1.91. The van der Waals surface area contributed by atoms with E-state index in [1.54, 1.807) is 24.3 Å². The van der Waals surface area contributed by atoms with Crippen LogP contribution in [-0.4, -0.2) is 20.6 Å². The molecule has 0 atom stereocenters. The number of halogens is 2. The van der Waals surface area contributed by atoms with E-state index in [1.807, 2.05) is 0 Å². The van der Waals surface area contributed by atoms with Gasteiger partial charge in [-0.25, -0.2) is 17.2 Å². The van der Waals surface area contributed by atoms with Crippen molar-refractivity contribution in [1.82, 2.24) is 0 Å². The summed E-state index contributed by atoms with van der Waals surface area (Å²) >= 11 is 0. The van der Waals surface area contributed by atoms with Crippen LogP contribution in [0, 0.1) is 11.6 Å². The van der Waals surface area contributed by atoms with Crippen LogP contribution in [0.15, 0.2) is 65.6 Å². The molecule has 0 fully saturated rings. The van der Waals surface area contributed by atoms with Crippen LogP contribution in [-0.2, 0) is 14.6 Å². The van der Waals surface area contributed by atoms with E-state index in [1.165, 1.54) is 25.1 Å². The van der Waals surface area contributed by atoms with Gasteiger partial charge in [-0.2, -0.15) is 0 Å². The molecule has 0 saturated heterocycles. The largest absolute Gasteiger partial charge is 0.454 e. The minimum Gasteiger partial charge on any atom is -0.454 e. The van der Waals surface area contributed by atoms with Gasteiger partial charge in [-0.05, 0) is 42.0 Å². The molecule has 0 radical (unpaired) electrons. The second-order valence-electron chi connectivity index (χ2n) is 6.37. The molecule has 150 valence electrons. The van der Waals surface area contributed by atoms with Gasteiger partial charge in [0, 0.05) is 36.6 Å². The Balaban J connectivity index is 2.07. The lowest BCUT2D eigenvalue weighted by molar-refractivity contribution is -0.114. The second-order valence-corrected chi connectivity index (χ2v) is 8.38. The SMILES string of the molecule is CC(=O)Nc1ccc(-c2ccc(S(C)(=O)=O)cc2)c(Oc2ccc(F)cc2F)c1. The van der Waals surface area contributed by atoms with Crippen LogP contribution in [0.5, 0.6) is 11.5 Å². The first-order chi connectivity index (χ1) is 13.6. The fourth-order valence-electron chi connectivity index (χ4n) is 2.68. The Bertz CT molecular complexity index is 1180. The number of sulfone groups is 1. The van der Waals surface area contributed by atoms with E-state index in [2.05, 4.69) is 5.32 Å². The maximum absolute atomic E-state index is 14.1. The van der Waals surface area contributed by atoms with Gasteiger partial charge in [0.1, 0.15) is 11.6 Å². The Morgan fingerprint density at radius 3 is 2.21 bits per heavy atom. The topological polar surface area (TPSA) is 72.5 Å². The molecule has 0 spiro atoms. The third-order valence-corrected chi connectivity index (χ3v) is 5.14. The molecule has 29 heavy (non-hydrogen) atoms. The molecule has 0 bridgehead atoms. The Morgan fingerprint density at radius 2 is 1.62 bits per heavy atom. The van der Waals surface area contributed by atoms with E-state index in [0.29, 0.717) is 22.9 Å². The average molecular weight is 417 g/mol. The lowest BCUT2D eigenvalue weighted by Gasteiger charge is -2.14. The van der Waals surface area contributed by atoms with Crippen molar-refractivity contribution >= 4 is 21.4 Å². The molecule has 0 aliphatic heterocycles. The molecule has 8 heteroatoms. The number of hydrogen-bond acceptors (Lipinski definition) is 4. The van der Waals surface area contributed by atoms with Crippen molar-refractivity contribution in [1.29, 1.82) is 0 Å². The molecule has 0 aromatic heterocycles. The van der Waals surface area contributed by atoms with E-state index >= 15 is 0 Å². The van der Waals surface area contributed by atoms with E-state index in [4.69, 9.17) is 4.74 Å². The predicted molar refractivity (Wildman–Crippen MR) is 106 cm³/mol. The molecular weight excluding hydrogens is 400 g/mol. The molecule has 3 aromatic carbocycles. The standard InChI is InChI=1S/C21H17F2NO4S/c1-13(25)24-16-6-9-18(14-3-7-17(8-4-14)29(2,26)27)21(12-16)28-20-10-5-15(22)11-19(20)23/h3-12H,1-2H3,(H,24,25). The summed E-state index contributed by atoms with van der Waals surface area (Å²) < 4.78 is 56.2. The number of rotatable bonds is 5. The number of anilines is 1. The summed E-state index contributed by atoms with van der Waals surface area (Å²) in [5.41, 5.74) is 1.57.